The van der Waals surface area contributed by atoms with Gasteiger partial charge in [0.25, 0.3) is 5.91 Å². The van der Waals surface area contributed by atoms with Crippen molar-refractivity contribution >= 4 is 28.3 Å². The van der Waals surface area contributed by atoms with Crippen LogP contribution in [0.5, 0.6) is 5.88 Å². The third-order valence-electron chi connectivity index (χ3n) is 3.21. The number of nitrogens with one attached hydrogen (secondary N) is 1. The number of nitrogens with zero attached hydrogens (tertiary/aromatic N) is 1. The molecule has 2 aromatic carbocycles. The Morgan fingerprint density at radius 3 is 2.17 bits per heavy atom. The topological polar surface area (TPSA) is 68.3 Å². The third kappa shape index (κ3) is 3.67. The number of ether oxygens (including phenoxy) is 1. The molecule has 24 heavy (non-hydrogen) atoms. The van der Waals surface area contributed by atoms with Crippen LogP contribution in [0, 0.1) is 6.92 Å². The van der Waals surface area contributed by atoms with E-state index in [0.717, 1.165) is 0 Å². The summed E-state index contributed by atoms with van der Waals surface area (Å²) in [5.41, 5.74) is 0.980. The van der Waals surface area contributed by atoms with Crippen molar-refractivity contribution in [3.05, 3.63) is 76.7 Å². The lowest BCUT2D eigenvalue weighted by atomic mass is 10.2. The largest absolute Gasteiger partial charge is 0.403 e. The van der Waals surface area contributed by atoms with Crippen LogP contribution in [0.2, 0.25) is 0 Å². The van der Waals surface area contributed by atoms with Crippen LogP contribution in [-0.2, 0) is 0 Å². The number of thiazole rings is 1. The number of carbonyl (C=O) groups is 2. The van der Waals surface area contributed by atoms with Crippen LogP contribution >= 0.6 is 11.3 Å². The minimum Gasteiger partial charge on any atom is -0.403 e. The molecule has 0 aliphatic heterocycles. The highest BCUT2D eigenvalue weighted by atomic mass is 32.1. The van der Waals surface area contributed by atoms with Crippen molar-refractivity contribution in [3.63, 3.8) is 0 Å². The molecule has 0 fully saturated rings. The fourth-order valence-corrected chi connectivity index (χ4v) is 2.75. The second-order valence-corrected chi connectivity index (χ2v) is 6.16. The molecule has 1 heterocycles. The highest BCUT2D eigenvalue weighted by Crippen LogP contribution is 2.28. The number of aryl methyl sites for hydroxylation is 1. The molecule has 5 nitrogen and oxygen atoms in total. The second-order valence-electron chi connectivity index (χ2n) is 4.96. The van der Waals surface area contributed by atoms with E-state index in [9.17, 15) is 9.59 Å². The van der Waals surface area contributed by atoms with Gasteiger partial charge in [0.2, 0.25) is 5.88 Å². The summed E-state index contributed by atoms with van der Waals surface area (Å²) in [4.78, 5) is 29.1. The van der Waals surface area contributed by atoms with Crippen LogP contribution in [0.3, 0.4) is 0 Å². The molecule has 0 aliphatic carbocycles. The first-order valence-corrected chi connectivity index (χ1v) is 8.06. The molecule has 0 saturated heterocycles. The fraction of sp³-hybridized carbons (Fsp3) is 0.0556. The molecule has 0 aliphatic rings. The minimum atomic E-state index is -0.482. The van der Waals surface area contributed by atoms with Crippen LogP contribution in [0.1, 0.15) is 25.6 Å². The van der Waals surface area contributed by atoms with E-state index in [4.69, 9.17) is 4.74 Å². The van der Waals surface area contributed by atoms with E-state index in [2.05, 4.69) is 10.3 Å². The molecule has 0 unspecified atom stereocenters. The summed E-state index contributed by atoms with van der Waals surface area (Å²) in [6.07, 6.45) is 0. The summed E-state index contributed by atoms with van der Waals surface area (Å²) in [5.74, 6) is -0.535. The number of anilines is 1. The van der Waals surface area contributed by atoms with Gasteiger partial charge in [0.1, 0.15) is 0 Å². The van der Waals surface area contributed by atoms with Crippen molar-refractivity contribution in [3.8, 4) is 5.88 Å². The highest BCUT2D eigenvalue weighted by molar-refractivity contribution is 7.16. The van der Waals surface area contributed by atoms with Gasteiger partial charge in [-0.05, 0) is 31.2 Å². The zero-order chi connectivity index (χ0) is 16.9. The molecule has 1 aromatic heterocycles. The summed E-state index contributed by atoms with van der Waals surface area (Å²) < 4.78 is 5.31. The van der Waals surface area contributed by atoms with E-state index in [0.29, 0.717) is 21.1 Å². The van der Waals surface area contributed by atoms with Gasteiger partial charge < -0.3 is 4.74 Å². The Hall–Kier alpha value is -2.99. The predicted molar refractivity (Wildman–Crippen MR) is 92.6 cm³/mol. The monoisotopic (exact) mass is 338 g/mol. The SMILES string of the molecule is Cc1sc(NC(=O)c2ccccc2)nc1OC(=O)c1ccccc1. The summed E-state index contributed by atoms with van der Waals surface area (Å²) in [5, 5.41) is 3.10. The summed E-state index contributed by atoms with van der Waals surface area (Å²) in [7, 11) is 0. The van der Waals surface area contributed by atoms with E-state index in [1.807, 2.05) is 12.1 Å². The van der Waals surface area contributed by atoms with Crippen LogP contribution in [0.15, 0.2) is 60.7 Å². The lowest BCUT2D eigenvalue weighted by molar-refractivity contribution is 0.0727. The van der Waals surface area contributed by atoms with Gasteiger partial charge in [-0.15, -0.1) is 0 Å². The lowest BCUT2D eigenvalue weighted by Crippen LogP contribution is -2.12. The van der Waals surface area contributed by atoms with Crippen molar-refractivity contribution in [2.45, 2.75) is 6.92 Å². The third-order valence-corrected chi connectivity index (χ3v) is 4.08. The summed E-state index contributed by atoms with van der Waals surface area (Å²) >= 11 is 1.25. The maximum Gasteiger partial charge on any atom is 0.344 e. The second kappa shape index (κ2) is 7.06. The first-order valence-electron chi connectivity index (χ1n) is 7.24. The number of esters is 1. The smallest absolute Gasteiger partial charge is 0.344 e. The molecule has 1 N–H and O–H groups in total. The van der Waals surface area contributed by atoms with Gasteiger partial charge in [-0.2, -0.15) is 4.98 Å². The zero-order valence-electron chi connectivity index (χ0n) is 12.9. The van der Waals surface area contributed by atoms with Crippen molar-refractivity contribution < 1.29 is 14.3 Å². The molecule has 1 amide bonds. The number of amides is 1. The molecule has 120 valence electrons. The molecule has 0 bridgehead atoms. The summed E-state index contributed by atoms with van der Waals surface area (Å²) in [6, 6.07) is 17.5. The molecule has 0 saturated carbocycles. The Labute approximate surface area is 142 Å². The van der Waals surface area contributed by atoms with Gasteiger partial charge in [-0.25, -0.2) is 4.79 Å². The van der Waals surface area contributed by atoms with Crippen molar-refractivity contribution in [1.29, 1.82) is 0 Å². The number of hydrogen-bond donors (Lipinski definition) is 1. The maximum atomic E-state index is 12.1. The molecule has 3 rings (SSSR count). The maximum absolute atomic E-state index is 12.1. The molecule has 0 atom stereocenters. The van der Waals surface area contributed by atoms with Gasteiger partial charge in [0, 0.05) is 5.56 Å². The van der Waals surface area contributed by atoms with Gasteiger partial charge in [0.15, 0.2) is 5.13 Å². The Kier molecular flexibility index (Phi) is 4.67. The van der Waals surface area contributed by atoms with Crippen LogP contribution in [0.4, 0.5) is 5.13 Å². The molecule has 0 radical (unpaired) electrons. The lowest BCUT2D eigenvalue weighted by Gasteiger charge is -2.02. The molecular formula is C18H14N2O3S. The Morgan fingerprint density at radius 1 is 0.958 bits per heavy atom. The van der Waals surface area contributed by atoms with E-state index in [1.165, 1.54) is 11.3 Å². The first kappa shape index (κ1) is 15.9. The number of hydrogen-bond acceptors (Lipinski definition) is 5. The standard InChI is InChI=1S/C18H14N2O3S/c1-12-16(23-17(22)14-10-6-3-7-11-14)20-18(24-12)19-15(21)13-8-4-2-5-9-13/h2-11H,1H3,(H,19,20,21). The average molecular weight is 338 g/mol. The van der Waals surface area contributed by atoms with Crippen LogP contribution < -0.4 is 10.1 Å². The van der Waals surface area contributed by atoms with Crippen LogP contribution in [-0.4, -0.2) is 16.9 Å². The Morgan fingerprint density at radius 2 is 1.54 bits per heavy atom. The van der Waals surface area contributed by atoms with Crippen LogP contribution in [0.25, 0.3) is 0 Å². The zero-order valence-corrected chi connectivity index (χ0v) is 13.7. The van der Waals surface area contributed by atoms with E-state index in [1.54, 1.807) is 55.5 Å². The number of aromatic nitrogens is 1. The number of benzene rings is 2. The minimum absolute atomic E-state index is 0.206. The van der Waals surface area contributed by atoms with Gasteiger partial charge in [-0.1, -0.05) is 47.7 Å². The predicted octanol–water partition coefficient (Wildman–Crippen LogP) is 3.92. The molecule has 0 spiro atoms. The van der Waals surface area contributed by atoms with Crippen molar-refractivity contribution in [1.82, 2.24) is 4.98 Å². The van der Waals surface area contributed by atoms with E-state index in [-0.39, 0.29) is 11.8 Å². The van der Waals surface area contributed by atoms with E-state index < -0.39 is 5.97 Å². The van der Waals surface area contributed by atoms with Gasteiger partial charge in [-0.3, -0.25) is 10.1 Å². The fourth-order valence-electron chi connectivity index (χ4n) is 2.01. The highest BCUT2D eigenvalue weighted by Gasteiger charge is 2.16. The summed E-state index contributed by atoms with van der Waals surface area (Å²) in [6.45, 7) is 1.78. The van der Waals surface area contributed by atoms with Crippen molar-refractivity contribution in [2.24, 2.45) is 0 Å². The normalized spacial score (nSPS) is 10.2. The van der Waals surface area contributed by atoms with Gasteiger partial charge in [0.05, 0.1) is 10.4 Å². The quantitative estimate of drug-likeness (QED) is 0.732. The Balaban J connectivity index is 1.71. The average Bonchev–Trinajstić information content (AvgIpc) is 2.95. The molecule has 6 heteroatoms. The number of rotatable bonds is 4. The van der Waals surface area contributed by atoms with Gasteiger partial charge >= 0.3 is 5.97 Å². The van der Waals surface area contributed by atoms with Crippen molar-refractivity contribution in [2.75, 3.05) is 5.32 Å². The van der Waals surface area contributed by atoms with E-state index >= 15 is 0 Å². The molecule has 3 aromatic rings. The molecular weight excluding hydrogens is 324 g/mol. The first-order chi connectivity index (χ1) is 11.6. The number of carbonyl (C=O) groups excluding carboxylic acids is 2. The Bertz CT molecular complexity index is 860.